The summed E-state index contributed by atoms with van der Waals surface area (Å²) in [7, 11) is 0. The Bertz CT molecular complexity index is 891. The first-order valence-corrected chi connectivity index (χ1v) is 7.51. The number of fused-ring (bicyclic) bond motifs is 1. The molecule has 0 bridgehead atoms. The summed E-state index contributed by atoms with van der Waals surface area (Å²) in [5, 5.41) is 15.2. The van der Waals surface area contributed by atoms with Crippen molar-refractivity contribution < 1.29 is 4.79 Å². The van der Waals surface area contributed by atoms with E-state index in [0.717, 1.165) is 16.9 Å². The van der Waals surface area contributed by atoms with Gasteiger partial charge in [-0.15, -0.1) is 10.2 Å². The summed E-state index contributed by atoms with van der Waals surface area (Å²) in [6.07, 6.45) is 0. The van der Waals surface area contributed by atoms with Gasteiger partial charge in [-0.2, -0.15) is 4.80 Å². The third-order valence-corrected chi connectivity index (χ3v) is 3.44. The van der Waals surface area contributed by atoms with Crippen molar-refractivity contribution in [3.05, 3.63) is 47.5 Å². The number of amides is 1. The van der Waals surface area contributed by atoms with Gasteiger partial charge in [-0.25, -0.2) is 0 Å². The van der Waals surface area contributed by atoms with Crippen LogP contribution < -0.4 is 10.6 Å². The van der Waals surface area contributed by atoms with Gasteiger partial charge in [0, 0.05) is 17.6 Å². The average molecular weight is 346 g/mol. The molecular formula is C15H12ClN5OS. The Labute approximate surface area is 142 Å². The zero-order chi connectivity index (χ0) is 16.4. The smallest absolute Gasteiger partial charge is 0.222 e. The standard InChI is InChI=1S/C15H12ClN5OS/c1-9(22)17-15(23)18-11-4-7-13-14(8-11)20-21(19-13)12-5-2-10(16)3-6-12/h2-8H,1H3,(H2,17,18,22,23). The fourth-order valence-corrected chi connectivity index (χ4v) is 2.39. The highest BCUT2D eigenvalue weighted by Gasteiger charge is 2.07. The van der Waals surface area contributed by atoms with Crippen LogP contribution in [0, 0.1) is 0 Å². The van der Waals surface area contributed by atoms with Gasteiger partial charge in [0.1, 0.15) is 11.0 Å². The van der Waals surface area contributed by atoms with Crippen LogP contribution in [0.5, 0.6) is 0 Å². The van der Waals surface area contributed by atoms with E-state index in [0.29, 0.717) is 10.5 Å². The maximum Gasteiger partial charge on any atom is 0.222 e. The Hall–Kier alpha value is -2.51. The van der Waals surface area contributed by atoms with Crippen LogP contribution in [-0.2, 0) is 4.79 Å². The van der Waals surface area contributed by atoms with Crippen molar-refractivity contribution >= 4 is 51.6 Å². The molecule has 0 aliphatic heterocycles. The van der Waals surface area contributed by atoms with Gasteiger partial charge in [0.2, 0.25) is 5.91 Å². The molecule has 8 heteroatoms. The lowest BCUT2D eigenvalue weighted by molar-refractivity contribution is -0.117. The van der Waals surface area contributed by atoms with Crippen LogP contribution in [0.25, 0.3) is 16.7 Å². The fourth-order valence-electron chi connectivity index (χ4n) is 2.00. The molecule has 0 aliphatic carbocycles. The Balaban J connectivity index is 1.87. The second kappa shape index (κ2) is 6.31. The van der Waals surface area contributed by atoms with Gasteiger partial charge in [-0.3, -0.25) is 4.79 Å². The zero-order valence-corrected chi connectivity index (χ0v) is 13.6. The highest BCUT2D eigenvalue weighted by atomic mass is 35.5. The minimum Gasteiger partial charge on any atom is -0.332 e. The van der Waals surface area contributed by atoms with Crippen LogP contribution in [0.3, 0.4) is 0 Å². The zero-order valence-electron chi connectivity index (χ0n) is 12.1. The van der Waals surface area contributed by atoms with Gasteiger partial charge in [0.25, 0.3) is 0 Å². The number of carbonyl (C=O) groups is 1. The second-order valence-electron chi connectivity index (χ2n) is 4.80. The molecule has 6 nitrogen and oxygen atoms in total. The monoisotopic (exact) mass is 345 g/mol. The number of nitrogens with zero attached hydrogens (tertiary/aromatic N) is 3. The maximum atomic E-state index is 11.0. The lowest BCUT2D eigenvalue weighted by Gasteiger charge is -2.07. The topological polar surface area (TPSA) is 71.8 Å². The van der Waals surface area contributed by atoms with Crippen molar-refractivity contribution in [3.8, 4) is 5.69 Å². The number of carbonyl (C=O) groups excluding carboxylic acids is 1. The first-order valence-electron chi connectivity index (χ1n) is 6.73. The summed E-state index contributed by atoms with van der Waals surface area (Å²) < 4.78 is 0. The average Bonchev–Trinajstić information content (AvgIpc) is 2.90. The second-order valence-corrected chi connectivity index (χ2v) is 5.65. The predicted octanol–water partition coefficient (Wildman–Crippen LogP) is 2.91. The summed E-state index contributed by atoms with van der Waals surface area (Å²) in [6.45, 7) is 1.40. The van der Waals surface area contributed by atoms with Crippen molar-refractivity contribution in [2.75, 3.05) is 5.32 Å². The van der Waals surface area contributed by atoms with Gasteiger partial charge in [-0.05, 0) is 54.7 Å². The molecule has 116 valence electrons. The minimum atomic E-state index is -0.225. The first kappa shape index (κ1) is 15.4. The summed E-state index contributed by atoms with van der Waals surface area (Å²) >= 11 is 10.9. The van der Waals surface area contributed by atoms with Crippen molar-refractivity contribution in [2.45, 2.75) is 6.92 Å². The van der Waals surface area contributed by atoms with E-state index in [-0.39, 0.29) is 11.0 Å². The van der Waals surface area contributed by atoms with Crippen molar-refractivity contribution in [1.82, 2.24) is 20.3 Å². The number of benzene rings is 2. The summed E-state index contributed by atoms with van der Waals surface area (Å²) in [4.78, 5) is 12.5. The molecule has 0 unspecified atom stereocenters. The largest absolute Gasteiger partial charge is 0.332 e. The molecular weight excluding hydrogens is 334 g/mol. The quantitative estimate of drug-likeness (QED) is 0.699. The lowest BCUT2D eigenvalue weighted by atomic mass is 10.3. The Morgan fingerprint density at radius 1 is 1.13 bits per heavy atom. The lowest BCUT2D eigenvalue weighted by Crippen LogP contribution is -2.32. The SMILES string of the molecule is CC(=O)NC(=S)Nc1ccc2nn(-c3ccc(Cl)cc3)nc2c1. The van der Waals surface area contributed by atoms with Crippen LogP contribution in [0.15, 0.2) is 42.5 Å². The highest BCUT2D eigenvalue weighted by Crippen LogP contribution is 2.18. The molecule has 1 aromatic heterocycles. The van der Waals surface area contributed by atoms with Gasteiger partial charge >= 0.3 is 0 Å². The number of nitrogens with one attached hydrogen (secondary N) is 2. The molecule has 3 rings (SSSR count). The fraction of sp³-hybridized carbons (Fsp3) is 0.0667. The van der Waals surface area contributed by atoms with Gasteiger partial charge in [-0.1, -0.05) is 11.6 Å². The summed E-state index contributed by atoms with van der Waals surface area (Å²) in [5.74, 6) is -0.225. The van der Waals surface area contributed by atoms with Gasteiger partial charge in [0.05, 0.1) is 5.69 Å². The highest BCUT2D eigenvalue weighted by molar-refractivity contribution is 7.80. The van der Waals surface area contributed by atoms with E-state index in [1.165, 1.54) is 11.7 Å². The summed E-state index contributed by atoms with van der Waals surface area (Å²) in [6, 6.07) is 12.7. The number of aromatic nitrogens is 3. The molecule has 0 saturated heterocycles. The van der Waals surface area contributed by atoms with E-state index in [9.17, 15) is 4.79 Å². The summed E-state index contributed by atoms with van der Waals surface area (Å²) in [5.41, 5.74) is 2.99. The molecule has 0 fully saturated rings. The number of anilines is 1. The molecule has 23 heavy (non-hydrogen) atoms. The molecule has 2 aromatic carbocycles. The van der Waals surface area contributed by atoms with Crippen LogP contribution in [0.4, 0.5) is 5.69 Å². The van der Waals surface area contributed by atoms with Crippen LogP contribution >= 0.6 is 23.8 Å². The first-order chi connectivity index (χ1) is 11.0. The van der Waals surface area contributed by atoms with E-state index in [1.807, 2.05) is 30.3 Å². The molecule has 2 N–H and O–H groups in total. The van der Waals surface area contributed by atoms with Gasteiger partial charge < -0.3 is 10.6 Å². The molecule has 1 heterocycles. The molecule has 0 saturated carbocycles. The van der Waals surface area contributed by atoms with E-state index in [4.69, 9.17) is 23.8 Å². The molecule has 0 atom stereocenters. The van der Waals surface area contributed by atoms with Crippen LogP contribution in [0.2, 0.25) is 5.02 Å². The number of hydrogen-bond acceptors (Lipinski definition) is 4. The number of halogens is 1. The van der Waals surface area contributed by atoms with Crippen molar-refractivity contribution in [1.29, 1.82) is 0 Å². The van der Waals surface area contributed by atoms with Crippen LogP contribution in [-0.4, -0.2) is 26.0 Å². The molecule has 0 spiro atoms. The number of thiocarbonyl (C=S) groups is 1. The van der Waals surface area contributed by atoms with E-state index in [1.54, 1.807) is 12.1 Å². The van der Waals surface area contributed by atoms with Gasteiger partial charge in [0.15, 0.2) is 5.11 Å². The van der Waals surface area contributed by atoms with E-state index >= 15 is 0 Å². The Kier molecular flexibility index (Phi) is 4.22. The number of hydrogen-bond donors (Lipinski definition) is 2. The Morgan fingerprint density at radius 3 is 2.52 bits per heavy atom. The molecule has 1 amide bonds. The van der Waals surface area contributed by atoms with Crippen molar-refractivity contribution in [3.63, 3.8) is 0 Å². The van der Waals surface area contributed by atoms with E-state index in [2.05, 4.69) is 20.8 Å². The van der Waals surface area contributed by atoms with Crippen LogP contribution in [0.1, 0.15) is 6.92 Å². The third kappa shape index (κ3) is 3.64. The predicted molar refractivity (Wildman–Crippen MR) is 93.9 cm³/mol. The Morgan fingerprint density at radius 2 is 1.83 bits per heavy atom. The minimum absolute atomic E-state index is 0.225. The maximum absolute atomic E-state index is 11.0. The van der Waals surface area contributed by atoms with E-state index < -0.39 is 0 Å². The molecule has 0 radical (unpaired) electrons. The molecule has 3 aromatic rings. The third-order valence-electron chi connectivity index (χ3n) is 2.99. The normalized spacial score (nSPS) is 10.5. The number of rotatable bonds is 2. The van der Waals surface area contributed by atoms with Crippen molar-refractivity contribution in [2.24, 2.45) is 0 Å². The molecule has 0 aliphatic rings.